The maximum atomic E-state index is 12.7. The van der Waals surface area contributed by atoms with E-state index < -0.39 is 18.0 Å². The molecule has 0 aliphatic heterocycles. The quantitative estimate of drug-likeness (QED) is 0.105. The number of esters is 1. The lowest BCUT2D eigenvalue weighted by Crippen LogP contribution is -2.35. The number of carbonyl (C=O) groups excluding carboxylic acids is 2. The Morgan fingerprint density at radius 3 is 2.61 bits per heavy atom. The Morgan fingerprint density at radius 2 is 1.86 bits per heavy atom. The molecule has 1 aromatic heterocycles. The number of hydrazone groups is 1. The van der Waals surface area contributed by atoms with E-state index in [0.29, 0.717) is 43.4 Å². The Hall–Kier alpha value is -3.10. The molecular weight excluding hydrogens is 543 g/mol. The van der Waals surface area contributed by atoms with Gasteiger partial charge in [0.15, 0.2) is 6.10 Å². The number of hydrogen-bond donors (Lipinski definition) is 1. The number of rotatable bonds is 8. The van der Waals surface area contributed by atoms with E-state index in [2.05, 4.69) is 10.5 Å². The molecule has 0 bridgehead atoms. The zero-order valence-corrected chi connectivity index (χ0v) is 21.9. The number of nitrogens with one attached hydrogen (secondary N) is 1. The molecule has 4 rings (SSSR count). The molecule has 0 spiro atoms. The van der Waals surface area contributed by atoms with E-state index in [0.717, 1.165) is 10.1 Å². The van der Waals surface area contributed by atoms with Crippen molar-refractivity contribution in [2.24, 2.45) is 5.10 Å². The van der Waals surface area contributed by atoms with Crippen LogP contribution in [-0.4, -0.2) is 24.2 Å². The molecule has 36 heavy (non-hydrogen) atoms. The first-order valence-corrected chi connectivity index (χ1v) is 12.7. The summed E-state index contributed by atoms with van der Waals surface area (Å²) in [5.41, 5.74) is 3.06. The van der Waals surface area contributed by atoms with Crippen molar-refractivity contribution in [1.82, 2.24) is 5.43 Å². The summed E-state index contributed by atoms with van der Waals surface area (Å²) in [6.07, 6.45) is 1.02. The van der Waals surface area contributed by atoms with Crippen molar-refractivity contribution in [3.63, 3.8) is 0 Å². The van der Waals surface area contributed by atoms with Crippen LogP contribution in [0.4, 0.5) is 0 Å². The molecule has 0 radical (unpaired) electrons. The smallest absolute Gasteiger partial charge is 0.355 e. The number of fused-ring (bicyclic) bond motifs is 1. The lowest BCUT2D eigenvalue weighted by Gasteiger charge is -2.16. The summed E-state index contributed by atoms with van der Waals surface area (Å²) in [6.45, 7) is 1.80. The fourth-order valence-electron chi connectivity index (χ4n) is 3.25. The molecular formula is C26H19Cl3N2O4S. The molecule has 0 aliphatic rings. The van der Waals surface area contributed by atoms with E-state index in [-0.39, 0.29) is 0 Å². The van der Waals surface area contributed by atoms with E-state index in [9.17, 15) is 9.59 Å². The van der Waals surface area contributed by atoms with E-state index >= 15 is 0 Å². The number of benzene rings is 3. The summed E-state index contributed by atoms with van der Waals surface area (Å²) in [4.78, 5) is 25.6. The molecule has 1 unspecified atom stereocenters. The van der Waals surface area contributed by atoms with Crippen LogP contribution in [0.1, 0.15) is 28.6 Å². The lowest BCUT2D eigenvalue weighted by molar-refractivity contribution is -0.128. The topological polar surface area (TPSA) is 77.0 Å². The van der Waals surface area contributed by atoms with Crippen molar-refractivity contribution < 1.29 is 19.1 Å². The monoisotopic (exact) mass is 560 g/mol. The standard InChI is InChI=1S/C26H19Cl3N2O4S/c1-2-20(35-21-11-10-16(27)13-19(21)28)25(32)31-30-14-15-6-5-7-17(12-15)34-26(33)24-23(29)18-8-3-4-9-22(18)36-24/h3-14,20H,2H2,1H3,(H,31,32). The highest BCUT2D eigenvalue weighted by molar-refractivity contribution is 7.21. The van der Waals surface area contributed by atoms with Crippen LogP contribution < -0.4 is 14.9 Å². The number of amides is 1. The number of halogens is 3. The van der Waals surface area contributed by atoms with Gasteiger partial charge < -0.3 is 9.47 Å². The van der Waals surface area contributed by atoms with Crippen molar-refractivity contribution in [2.75, 3.05) is 0 Å². The van der Waals surface area contributed by atoms with Crippen LogP contribution in [0, 0.1) is 0 Å². The van der Waals surface area contributed by atoms with E-state index in [4.69, 9.17) is 44.3 Å². The Kier molecular flexibility index (Phi) is 8.48. The number of hydrogen-bond acceptors (Lipinski definition) is 6. The van der Waals surface area contributed by atoms with Gasteiger partial charge in [-0.25, -0.2) is 10.2 Å². The van der Waals surface area contributed by atoms with Gasteiger partial charge >= 0.3 is 5.97 Å². The number of nitrogens with zero attached hydrogens (tertiary/aromatic N) is 1. The second kappa shape index (κ2) is 11.8. The van der Waals surface area contributed by atoms with Crippen LogP contribution in [0.5, 0.6) is 11.5 Å². The highest BCUT2D eigenvalue weighted by atomic mass is 35.5. The van der Waals surface area contributed by atoms with Gasteiger partial charge in [0, 0.05) is 15.1 Å². The normalized spacial score (nSPS) is 12.0. The molecule has 10 heteroatoms. The Balaban J connectivity index is 1.38. The maximum Gasteiger partial charge on any atom is 0.355 e. The summed E-state index contributed by atoms with van der Waals surface area (Å²) in [7, 11) is 0. The average Bonchev–Trinajstić information content (AvgIpc) is 3.20. The van der Waals surface area contributed by atoms with Gasteiger partial charge in [-0.1, -0.05) is 72.1 Å². The van der Waals surface area contributed by atoms with Crippen molar-refractivity contribution in [3.05, 3.63) is 92.2 Å². The molecule has 1 heterocycles. The first-order chi connectivity index (χ1) is 17.4. The largest absolute Gasteiger partial charge is 0.479 e. The Morgan fingerprint density at radius 1 is 1.06 bits per heavy atom. The minimum absolute atomic E-state index is 0.306. The van der Waals surface area contributed by atoms with Crippen molar-refractivity contribution >= 4 is 74.3 Å². The van der Waals surface area contributed by atoms with Crippen LogP contribution in [-0.2, 0) is 4.79 Å². The second-order valence-electron chi connectivity index (χ2n) is 7.53. The fraction of sp³-hybridized carbons (Fsp3) is 0.115. The van der Waals surface area contributed by atoms with Gasteiger partial charge in [-0.2, -0.15) is 5.10 Å². The predicted octanol–water partition coefficient (Wildman–Crippen LogP) is 7.39. The predicted molar refractivity (Wildman–Crippen MR) is 145 cm³/mol. The van der Waals surface area contributed by atoms with Crippen LogP contribution in [0.25, 0.3) is 10.1 Å². The minimum atomic E-state index is -0.806. The lowest BCUT2D eigenvalue weighted by atomic mass is 10.2. The average molecular weight is 562 g/mol. The van der Waals surface area contributed by atoms with Gasteiger partial charge in [0.25, 0.3) is 5.91 Å². The summed E-state index contributed by atoms with van der Waals surface area (Å²) in [5, 5.41) is 5.94. The van der Waals surface area contributed by atoms with Gasteiger partial charge in [0.1, 0.15) is 16.4 Å². The third-order valence-electron chi connectivity index (χ3n) is 5.00. The molecule has 1 N–H and O–H groups in total. The minimum Gasteiger partial charge on any atom is -0.479 e. The molecule has 3 aromatic carbocycles. The summed E-state index contributed by atoms with van der Waals surface area (Å²) in [6, 6.07) is 19.0. The number of ether oxygens (including phenoxy) is 2. The molecule has 0 saturated heterocycles. The zero-order valence-electron chi connectivity index (χ0n) is 18.8. The van der Waals surface area contributed by atoms with Crippen molar-refractivity contribution in [1.29, 1.82) is 0 Å². The molecule has 1 amide bonds. The fourth-order valence-corrected chi connectivity index (χ4v) is 5.08. The second-order valence-corrected chi connectivity index (χ2v) is 9.80. The van der Waals surface area contributed by atoms with Crippen LogP contribution in [0.2, 0.25) is 15.1 Å². The third-order valence-corrected chi connectivity index (χ3v) is 7.19. The van der Waals surface area contributed by atoms with Crippen LogP contribution in [0.3, 0.4) is 0 Å². The maximum absolute atomic E-state index is 12.7. The zero-order chi connectivity index (χ0) is 25.7. The third kappa shape index (κ3) is 6.17. The van der Waals surface area contributed by atoms with Gasteiger partial charge in [0.05, 0.1) is 16.3 Å². The molecule has 6 nitrogen and oxygen atoms in total. The summed E-state index contributed by atoms with van der Waals surface area (Å²) < 4.78 is 12.1. The Labute approximate surface area is 226 Å². The van der Waals surface area contributed by atoms with Gasteiger partial charge in [0.2, 0.25) is 0 Å². The molecule has 0 fully saturated rings. The highest BCUT2D eigenvalue weighted by Gasteiger charge is 2.20. The van der Waals surface area contributed by atoms with Crippen LogP contribution >= 0.6 is 46.1 Å². The van der Waals surface area contributed by atoms with Gasteiger partial charge in [-0.15, -0.1) is 11.3 Å². The highest BCUT2D eigenvalue weighted by Crippen LogP contribution is 2.35. The van der Waals surface area contributed by atoms with Crippen molar-refractivity contribution in [2.45, 2.75) is 19.4 Å². The van der Waals surface area contributed by atoms with E-state index in [1.165, 1.54) is 23.6 Å². The number of thiophene rings is 1. The molecule has 184 valence electrons. The van der Waals surface area contributed by atoms with Crippen molar-refractivity contribution in [3.8, 4) is 11.5 Å². The van der Waals surface area contributed by atoms with Gasteiger partial charge in [-0.3, -0.25) is 4.79 Å². The van der Waals surface area contributed by atoms with Gasteiger partial charge in [-0.05, 0) is 48.4 Å². The van der Waals surface area contributed by atoms with E-state index in [1.807, 2.05) is 24.3 Å². The number of carbonyl (C=O) groups is 2. The SMILES string of the molecule is CCC(Oc1ccc(Cl)cc1Cl)C(=O)NN=Cc1cccc(OC(=O)c2sc3ccccc3c2Cl)c1. The van der Waals surface area contributed by atoms with E-state index in [1.54, 1.807) is 43.3 Å². The summed E-state index contributed by atoms with van der Waals surface area (Å²) >= 11 is 19.7. The molecule has 0 aliphatic carbocycles. The molecule has 1 atom stereocenters. The molecule has 4 aromatic rings. The molecule has 0 saturated carbocycles. The Bertz CT molecular complexity index is 1450. The first-order valence-electron chi connectivity index (χ1n) is 10.8. The van der Waals surface area contributed by atoms with Crippen LogP contribution in [0.15, 0.2) is 71.8 Å². The first kappa shape index (κ1) is 26.0. The summed E-state index contributed by atoms with van der Waals surface area (Å²) in [5.74, 6) is -0.328.